The van der Waals surface area contributed by atoms with Crippen LogP contribution in [-0.2, 0) is 19.9 Å². The number of halogens is 2. The normalized spacial score (nSPS) is 12.2. The van der Waals surface area contributed by atoms with Gasteiger partial charge in [-0.3, -0.25) is 4.57 Å². The summed E-state index contributed by atoms with van der Waals surface area (Å²) < 4.78 is 26.7. The Morgan fingerprint density at radius 3 is 2.38 bits per heavy atom. The monoisotopic (exact) mass is 606 g/mol. The molecule has 4 rings (SSSR count). The van der Waals surface area contributed by atoms with Gasteiger partial charge in [0.05, 0.1) is 21.3 Å². The van der Waals surface area contributed by atoms with Crippen molar-refractivity contribution in [3.8, 4) is 28.2 Å². The number of rotatable bonds is 6. The van der Waals surface area contributed by atoms with E-state index in [4.69, 9.17) is 16.6 Å². The molecule has 0 fully saturated rings. The number of hydrogen-bond donors (Lipinski definition) is 1. The molecule has 8 heteroatoms. The third-order valence-electron chi connectivity index (χ3n) is 5.53. The smallest absolute Gasteiger partial charge is 0.175 e. The third-order valence-corrected chi connectivity index (χ3v) is 7.79. The Kier molecular flexibility index (Phi) is 6.92. The predicted octanol–water partition coefficient (Wildman–Crippen LogP) is 6.43. The van der Waals surface area contributed by atoms with Gasteiger partial charge in [0.2, 0.25) is 0 Å². The fourth-order valence-corrected chi connectivity index (χ4v) is 5.20. The van der Waals surface area contributed by atoms with E-state index in [1.54, 1.807) is 32.0 Å². The van der Waals surface area contributed by atoms with E-state index in [9.17, 15) is 13.5 Å². The van der Waals surface area contributed by atoms with Crippen LogP contribution in [0.2, 0.25) is 5.02 Å². The Balaban J connectivity index is 1.89. The highest BCUT2D eigenvalue weighted by atomic mass is 127. The number of aliphatic hydroxyl groups is 1. The number of sulfone groups is 1. The van der Waals surface area contributed by atoms with Crippen molar-refractivity contribution in [2.45, 2.75) is 28.8 Å². The van der Waals surface area contributed by atoms with Crippen molar-refractivity contribution in [2.75, 3.05) is 6.26 Å². The highest BCUT2D eigenvalue weighted by molar-refractivity contribution is 14.1. The Morgan fingerprint density at radius 2 is 1.74 bits per heavy atom. The van der Waals surface area contributed by atoms with Crippen LogP contribution >= 0.6 is 34.2 Å². The second-order valence-electron chi connectivity index (χ2n) is 8.64. The molecule has 0 bridgehead atoms. The Labute approximate surface area is 218 Å². The van der Waals surface area contributed by atoms with Gasteiger partial charge >= 0.3 is 0 Å². The average molecular weight is 607 g/mol. The molecule has 1 heterocycles. The lowest BCUT2D eigenvalue weighted by Gasteiger charge is -2.15. The maximum absolute atomic E-state index is 12.0. The lowest BCUT2D eigenvalue weighted by atomic mass is 10.0. The van der Waals surface area contributed by atoms with Crippen molar-refractivity contribution < 1.29 is 13.5 Å². The number of hydrogen-bond acceptors (Lipinski definition) is 4. The van der Waals surface area contributed by atoms with E-state index < -0.39 is 15.4 Å². The molecule has 34 heavy (non-hydrogen) atoms. The van der Waals surface area contributed by atoms with Crippen LogP contribution in [0.4, 0.5) is 0 Å². The summed E-state index contributed by atoms with van der Waals surface area (Å²) in [6, 6.07) is 20.5. The second-order valence-corrected chi connectivity index (χ2v) is 11.8. The summed E-state index contributed by atoms with van der Waals surface area (Å²) in [7, 11) is -3.30. The summed E-state index contributed by atoms with van der Waals surface area (Å²) in [4.78, 5) is 5.03. The molecule has 0 radical (unpaired) electrons. The van der Waals surface area contributed by atoms with Gasteiger partial charge in [0.15, 0.2) is 9.84 Å². The summed E-state index contributed by atoms with van der Waals surface area (Å²) in [5, 5.41) is 11.2. The van der Waals surface area contributed by atoms with Crippen LogP contribution in [0.3, 0.4) is 0 Å². The van der Waals surface area contributed by atoms with E-state index in [2.05, 4.69) is 28.7 Å². The minimum atomic E-state index is -3.30. The summed E-state index contributed by atoms with van der Waals surface area (Å²) in [5.74, 6) is 0.639. The summed E-state index contributed by atoms with van der Waals surface area (Å²) in [5.41, 5.74) is 3.87. The van der Waals surface area contributed by atoms with Gasteiger partial charge in [-0.2, -0.15) is 0 Å². The molecule has 4 aromatic rings. The van der Waals surface area contributed by atoms with Crippen LogP contribution < -0.4 is 0 Å². The first-order valence-electron chi connectivity index (χ1n) is 10.6. The molecule has 0 saturated carbocycles. The molecule has 0 spiro atoms. The minimum Gasteiger partial charge on any atom is -0.384 e. The molecule has 176 valence electrons. The Morgan fingerprint density at radius 1 is 1.03 bits per heavy atom. The Bertz CT molecular complexity index is 1470. The van der Waals surface area contributed by atoms with E-state index in [1.807, 2.05) is 53.2 Å². The summed E-state index contributed by atoms with van der Waals surface area (Å²) in [6.45, 7) is 3.40. The van der Waals surface area contributed by atoms with Crippen LogP contribution in [0.1, 0.15) is 25.1 Å². The lowest BCUT2D eigenvalue weighted by Crippen LogP contribution is -2.15. The van der Waals surface area contributed by atoms with Crippen LogP contribution in [0.5, 0.6) is 0 Å². The standard InChI is InChI=1S/C26H24ClIN2O3S/c1-26(2,31)24-16-30(25(29-24)21-9-4-5-10-22(21)27)23-12-11-18(13-19(23)15-28)17-7-6-8-20(14-17)34(3,32)33/h4-14,16,31H,15H2,1-3H3. The van der Waals surface area contributed by atoms with E-state index in [1.165, 1.54) is 6.26 Å². The maximum Gasteiger partial charge on any atom is 0.175 e. The zero-order valence-corrected chi connectivity index (χ0v) is 22.7. The van der Waals surface area contributed by atoms with Gasteiger partial charge in [-0.05, 0) is 66.9 Å². The van der Waals surface area contributed by atoms with Crippen LogP contribution in [0.15, 0.2) is 77.8 Å². The molecule has 0 saturated heterocycles. The van der Waals surface area contributed by atoms with E-state index in [0.29, 0.717) is 21.0 Å². The first kappa shape index (κ1) is 24.9. The van der Waals surface area contributed by atoms with Crippen molar-refractivity contribution in [1.82, 2.24) is 9.55 Å². The van der Waals surface area contributed by atoms with Gasteiger partial charge < -0.3 is 5.11 Å². The first-order chi connectivity index (χ1) is 16.0. The summed E-state index contributed by atoms with van der Waals surface area (Å²) >= 11 is 8.82. The molecule has 1 aromatic heterocycles. The Hall–Kier alpha value is -2.20. The number of aromatic nitrogens is 2. The number of benzene rings is 3. The molecule has 0 aliphatic heterocycles. The predicted molar refractivity (Wildman–Crippen MR) is 146 cm³/mol. The fourth-order valence-electron chi connectivity index (χ4n) is 3.70. The van der Waals surface area contributed by atoms with Gasteiger partial charge in [0, 0.05) is 22.4 Å². The molecule has 5 nitrogen and oxygen atoms in total. The highest BCUT2D eigenvalue weighted by Crippen LogP contribution is 2.34. The first-order valence-corrected chi connectivity index (χ1v) is 14.4. The van der Waals surface area contributed by atoms with Gasteiger partial charge in [0.25, 0.3) is 0 Å². The topological polar surface area (TPSA) is 72.2 Å². The van der Waals surface area contributed by atoms with Gasteiger partial charge in [0.1, 0.15) is 11.4 Å². The number of alkyl halides is 1. The van der Waals surface area contributed by atoms with Crippen molar-refractivity contribution in [1.29, 1.82) is 0 Å². The molecule has 0 unspecified atom stereocenters. The van der Waals surface area contributed by atoms with Gasteiger partial charge in [-0.25, -0.2) is 13.4 Å². The third kappa shape index (κ3) is 5.07. The zero-order chi connectivity index (χ0) is 24.7. The van der Waals surface area contributed by atoms with Crippen molar-refractivity contribution in [2.24, 2.45) is 0 Å². The van der Waals surface area contributed by atoms with E-state index in [0.717, 1.165) is 27.9 Å². The molecule has 0 aliphatic rings. The molecule has 1 N–H and O–H groups in total. The second kappa shape index (κ2) is 9.45. The molecule has 3 aromatic carbocycles. The number of nitrogens with zero attached hydrogens (tertiary/aromatic N) is 2. The van der Waals surface area contributed by atoms with Crippen LogP contribution in [-0.4, -0.2) is 29.3 Å². The zero-order valence-electron chi connectivity index (χ0n) is 19.0. The van der Waals surface area contributed by atoms with Crippen LogP contribution in [0, 0.1) is 0 Å². The molecule has 0 amide bonds. The minimum absolute atomic E-state index is 0.288. The molecular weight excluding hydrogens is 583 g/mol. The maximum atomic E-state index is 12.0. The van der Waals surface area contributed by atoms with E-state index >= 15 is 0 Å². The van der Waals surface area contributed by atoms with Crippen molar-refractivity contribution >= 4 is 44.0 Å². The molecule has 0 atom stereocenters. The van der Waals surface area contributed by atoms with Gasteiger partial charge in [-0.1, -0.05) is 64.5 Å². The van der Waals surface area contributed by atoms with Gasteiger partial charge in [-0.15, -0.1) is 0 Å². The molecule has 0 aliphatic carbocycles. The SMILES string of the molecule is CC(C)(O)c1cn(-c2ccc(-c3cccc(S(C)(=O)=O)c3)cc2CI)c(-c2ccccc2Cl)n1. The van der Waals surface area contributed by atoms with Crippen LogP contribution in [0.25, 0.3) is 28.2 Å². The lowest BCUT2D eigenvalue weighted by molar-refractivity contribution is 0.0743. The number of imidazole rings is 1. The highest BCUT2D eigenvalue weighted by Gasteiger charge is 2.24. The van der Waals surface area contributed by atoms with E-state index in [-0.39, 0.29) is 4.90 Å². The average Bonchev–Trinajstić information content (AvgIpc) is 3.24. The molecular formula is C26H24ClIN2O3S. The quantitative estimate of drug-likeness (QED) is 0.203. The fraction of sp³-hybridized carbons (Fsp3) is 0.192. The van der Waals surface area contributed by atoms with Crippen molar-refractivity contribution in [3.63, 3.8) is 0 Å². The summed E-state index contributed by atoms with van der Waals surface area (Å²) in [6.07, 6.45) is 3.05. The largest absolute Gasteiger partial charge is 0.384 e. The van der Waals surface area contributed by atoms with Crippen molar-refractivity contribution in [3.05, 3.63) is 89.2 Å².